The first-order valence-corrected chi connectivity index (χ1v) is 10.2. The van der Waals surface area contributed by atoms with Crippen molar-refractivity contribution in [3.05, 3.63) is 59.7 Å². The van der Waals surface area contributed by atoms with Gasteiger partial charge in [-0.05, 0) is 62.7 Å². The summed E-state index contributed by atoms with van der Waals surface area (Å²) in [6.07, 6.45) is -5.09. The molecule has 2 atom stereocenters. The summed E-state index contributed by atoms with van der Waals surface area (Å²) in [5.41, 5.74) is 0.182. The summed E-state index contributed by atoms with van der Waals surface area (Å²) >= 11 is 0. The van der Waals surface area contributed by atoms with E-state index in [0.29, 0.717) is 31.5 Å². The van der Waals surface area contributed by atoms with Crippen LogP contribution in [0.1, 0.15) is 38.0 Å². The van der Waals surface area contributed by atoms with Crippen LogP contribution in [0.5, 0.6) is 11.5 Å². The standard InChI is InChI=1S/C23H28F3NO3/c1-4-28-19-9-5-17(6-10-19)22(21-15-27(16(2)3)13-14-29-21)30-20-11-7-18(8-12-20)23(24,25)26/h5-12,16,21-22H,4,13-15H2,1-3H3. The molecular weight excluding hydrogens is 395 g/mol. The van der Waals surface area contributed by atoms with Gasteiger partial charge < -0.3 is 14.2 Å². The van der Waals surface area contributed by atoms with E-state index >= 15 is 0 Å². The summed E-state index contributed by atoms with van der Waals surface area (Å²) in [7, 11) is 0. The minimum atomic E-state index is -4.38. The van der Waals surface area contributed by atoms with E-state index in [0.717, 1.165) is 30.0 Å². The van der Waals surface area contributed by atoms with Crippen LogP contribution in [0, 0.1) is 0 Å². The van der Waals surface area contributed by atoms with Gasteiger partial charge in [0.1, 0.15) is 17.6 Å². The van der Waals surface area contributed by atoms with Crippen molar-refractivity contribution in [2.75, 3.05) is 26.3 Å². The van der Waals surface area contributed by atoms with Crippen LogP contribution in [0.15, 0.2) is 48.5 Å². The molecule has 164 valence electrons. The quantitative estimate of drug-likeness (QED) is 0.602. The number of ether oxygens (including phenoxy) is 3. The molecule has 2 aromatic rings. The predicted octanol–water partition coefficient (Wildman–Crippen LogP) is 5.33. The second-order valence-electron chi connectivity index (χ2n) is 7.56. The number of alkyl halides is 3. The van der Waals surface area contributed by atoms with Gasteiger partial charge in [-0.15, -0.1) is 0 Å². The van der Waals surface area contributed by atoms with Gasteiger partial charge in [0.15, 0.2) is 6.10 Å². The molecule has 30 heavy (non-hydrogen) atoms. The third-order valence-electron chi connectivity index (χ3n) is 5.16. The van der Waals surface area contributed by atoms with Crippen LogP contribution in [0.2, 0.25) is 0 Å². The van der Waals surface area contributed by atoms with Gasteiger partial charge in [0.25, 0.3) is 0 Å². The van der Waals surface area contributed by atoms with Crippen molar-refractivity contribution in [3.8, 4) is 11.5 Å². The number of halogens is 3. The molecule has 0 spiro atoms. The molecule has 4 nitrogen and oxygen atoms in total. The van der Waals surface area contributed by atoms with Gasteiger partial charge >= 0.3 is 6.18 Å². The summed E-state index contributed by atoms with van der Waals surface area (Å²) < 4.78 is 56.3. The number of hydrogen-bond donors (Lipinski definition) is 0. The third-order valence-corrected chi connectivity index (χ3v) is 5.16. The molecule has 0 N–H and O–H groups in total. The molecule has 7 heteroatoms. The molecule has 1 fully saturated rings. The van der Waals surface area contributed by atoms with Gasteiger partial charge in [0.2, 0.25) is 0 Å². The van der Waals surface area contributed by atoms with Crippen molar-refractivity contribution in [1.29, 1.82) is 0 Å². The first kappa shape index (κ1) is 22.4. The van der Waals surface area contributed by atoms with Gasteiger partial charge in [-0.3, -0.25) is 4.90 Å². The zero-order valence-electron chi connectivity index (χ0n) is 17.5. The Morgan fingerprint density at radius 1 is 1.03 bits per heavy atom. The summed E-state index contributed by atoms with van der Waals surface area (Å²) in [4.78, 5) is 2.31. The lowest BCUT2D eigenvalue weighted by Gasteiger charge is -2.39. The first-order valence-electron chi connectivity index (χ1n) is 10.2. The molecule has 1 aliphatic heterocycles. The van der Waals surface area contributed by atoms with E-state index in [4.69, 9.17) is 14.2 Å². The molecule has 3 rings (SSSR count). The van der Waals surface area contributed by atoms with Crippen molar-refractivity contribution >= 4 is 0 Å². The van der Waals surface area contributed by atoms with Crippen molar-refractivity contribution in [2.24, 2.45) is 0 Å². The number of morpholine rings is 1. The molecule has 1 aliphatic rings. The highest BCUT2D eigenvalue weighted by atomic mass is 19.4. The van der Waals surface area contributed by atoms with Crippen molar-refractivity contribution in [2.45, 2.75) is 45.2 Å². The highest BCUT2D eigenvalue weighted by molar-refractivity contribution is 5.32. The van der Waals surface area contributed by atoms with E-state index in [1.54, 1.807) is 0 Å². The summed E-state index contributed by atoms with van der Waals surface area (Å²) in [5, 5.41) is 0. The van der Waals surface area contributed by atoms with E-state index in [-0.39, 0.29) is 6.10 Å². The Morgan fingerprint density at radius 2 is 1.67 bits per heavy atom. The van der Waals surface area contributed by atoms with E-state index in [9.17, 15) is 13.2 Å². The molecule has 0 radical (unpaired) electrons. The SMILES string of the molecule is CCOc1ccc(C(Oc2ccc(C(F)(F)F)cc2)C2CN(C(C)C)CCO2)cc1. The lowest BCUT2D eigenvalue weighted by atomic mass is 10.0. The molecule has 0 aromatic heterocycles. The molecule has 0 amide bonds. The molecule has 0 aliphatic carbocycles. The molecule has 0 saturated carbocycles. The Bertz CT molecular complexity index is 791. The Hall–Kier alpha value is -2.25. The number of benzene rings is 2. The molecule has 1 heterocycles. The van der Waals surface area contributed by atoms with E-state index < -0.39 is 17.8 Å². The van der Waals surface area contributed by atoms with Crippen molar-refractivity contribution in [1.82, 2.24) is 4.90 Å². The highest BCUT2D eigenvalue weighted by Gasteiger charge is 2.33. The van der Waals surface area contributed by atoms with Crippen LogP contribution < -0.4 is 9.47 Å². The van der Waals surface area contributed by atoms with Crippen LogP contribution in [0.4, 0.5) is 13.2 Å². The number of hydrogen-bond acceptors (Lipinski definition) is 4. The maximum atomic E-state index is 12.9. The maximum Gasteiger partial charge on any atom is 0.416 e. The fourth-order valence-electron chi connectivity index (χ4n) is 3.50. The lowest BCUT2D eigenvalue weighted by molar-refractivity contribution is -0.137. The normalized spacial score (nSPS) is 19.0. The average molecular weight is 423 g/mol. The minimum Gasteiger partial charge on any atom is -0.494 e. The zero-order valence-corrected chi connectivity index (χ0v) is 17.5. The van der Waals surface area contributed by atoms with E-state index in [2.05, 4.69) is 18.7 Å². The van der Waals surface area contributed by atoms with Crippen LogP contribution >= 0.6 is 0 Å². The Labute approximate surface area is 175 Å². The van der Waals surface area contributed by atoms with E-state index in [1.807, 2.05) is 31.2 Å². The van der Waals surface area contributed by atoms with Gasteiger partial charge in [-0.2, -0.15) is 13.2 Å². The Kier molecular flexibility index (Phi) is 7.26. The molecule has 2 unspecified atom stereocenters. The second-order valence-corrected chi connectivity index (χ2v) is 7.56. The first-order chi connectivity index (χ1) is 14.3. The molecule has 2 aromatic carbocycles. The zero-order chi connectivity index (χ0) is 21.7. The van der Waals surface area contributed by atoms with Crippen LogP contribution in [0.25, 0.3) is 0 Å². The fourth-order valence-corrected chi connectivity index (χ4v) is 3.50. The maximum absolute atomic E-state index is 12.9. The number of rotatable bonds is 7. The van der Waals surface area contributed by atoms with Gasteiger partial charge in [0.05, 0.1) is 18.8 Å². The topological polar surface area (TPSA) is 30.9 Å². The minimum absolute atomic E-state index is 0.249. The van der Waals surface area contributed by atoms with Gasteiger partial charge in [-0.1, -0.05) is 12.1 Å². The molecule has 1 saturated heterocycles. The highest BCUT2D eigenvalue weighted by Crippen LogP contribution is 2.33. The van der Waals surface area contributed by atoms with Gasteiger partial charge in [0, 0.05) is 19.1 Å². The van der Waals surface area contributed by atoms with Crippen LogP contribution in [-0.2, 0) is 10.9 Å². The molecular formula is C23H28F3NO3. The van der Waals surface area contributed by atoms with Crippen molar-refractivity contribution in [3.63, 3.8) is 0 Å². The lowest BCUT2D eigenvalue weighted by Crippen LogP contribution is -2.48. The fraction of sp³-hybridized carbons (Fsp3) is 0.478. The predicted molar refractivity (Wildman–Crippen MR) is 109 cm³/mol. The summed E-state index contributed by atoms with van der Waals surface area (Å²) in [5.74, 6) is 1.12. The summed E-state index contributed by atoms with van der Waals surface area (Å²) in [6, 6.07) is 12.7. The monoisotopic (exact) mass is 423 g/mol. The van der Waals surface area contributed by atoms with Crippen LogP contribution in [-0.4, -0.2) is 43.3 Å². The smallest absolute Gasteiger partial charge is 0.416 e. The summed E-state index contributed by atoms with van der Waals surface area (Å²) in [6.45, 7) is 8.84. The van der Waals surface area contributed by atoms with E-state index in [1.165, 1.54) is 12.1 Å². The third kappa shape index (κ3) is 5.67. The largest absolute Gasteiger partial charge is 0.494 e. The number of nitrogens with zero attached hydrogens (tertiary/aromatic N) is 1. The second kappa shape index (κ2) is 9.71. The average Bonchev–Trinajstić information content (AvgIpc) is 2.73. The Morgan fingerprint density at radius 3 is 2.23 bits per heavy atom. The van der Waals surface area contributed by atoms with Crippen LogP contribution in [0.3, 0.4) is 0 Å². The van der Waals surface area contributed by atoms with Crippen molar-refractivity contribution < 1.29 is 27.4 Å². The Balaban J connectivity index is 1.85. The van der Waals surface area contributed by atoms with Gasteiger partial charge in [-0.25, -0.2) is 0 Å². The molecule has 0 bridgehead atoms.